The average molecular weight is 657 g/mol. The summed E-state index contributed by atoms with van der Waals surface area (Å²) in [7, 11) is 4.92. The number of carbonyl (C=O) groups excluding carboxylic acids is 4. The number of nitrogens with zero attached hydrogens (tertiary/aromatic N) is 2. The van der Waals surface area contributed by atoms with Gasteiger partial charge in [-0.05, 0) is 40.3 Å². The van der Waals surface area contributed by atoms with Gasteiger partial charge in [-0.1, -0.05) is 109 Å². The Kier molecular flexibility index (Phi) is 9.95. The van der Waals surface area contributed by atoms with Crippen molar-refractivity contribution >= 4 is 23.6 Å². The largest absolute Gasteiger partial charge is 0.357 e. The van der Waals surface area contributed by atoms with Crippen molar-refractivity contribution in [2.45, 2.75) is 43.7 Å². The fourth-order valence-corrected chi connectivity index (χ4v) is 7.99. The first-order chi connectivity index (χ1) is 23.8. The van der Waals surface area contributed by atoms with Crippen molar-refractivity contribution in [3.8, 4) is 0 Å². The van der Waals surface area contributed by atoms with Crippen LogP contribution in [-0.2, 0) is 32.0 Å². The molecule has 252 valence electrons. The van der Waals surface area contributed by atoms with Crippen LogP contribution in [0.5, 0.6) is 0 Å². The van der Waals surface area contributed by atoms with Crippen LogP contribution < -0.4 is 10.6 Å². The Labute approximate surface area is 288 Å². The van der Waals surface area contributed by atoms with Crippen LogP contribution in [0.4, 0.5) is 0 Å². The summed E-state index contributed by atoms with van der Waals surface area (Å²) in [6.07, 6.45) is 0.656. The van der Waals surface area contributed by atoms with Crippen molar-refractivity contribution in [2.24, 2.45) is 11.8 Å². The van der Waals surface area contributed by atoms with E-state index in [0.717, 1.165) is 33.4 Å². The lowest BCUT2D eigenvalue weighted by molar-refractivity contribution is -0.152. The third-order valence-corrected chi connectivity index (χ3v) is 10.4. The van der Waals surface area contributed by atoms with Gasteiger partial charge in [0, 0.05) is 52.4 Å². The van der Waals surface area contributed by atoms with E-state index in [0.29, 0.717) is 19.4 Å². The Hall–Kier alpha value is -5.24. The van der Waals surface area contributed by atoms with Crippen molar-refractivity contribution in [2.75, 3.05) is 27.7 Å². The minimum atomic E-state index is -0.802. The fourth-order valence-electron chi connectivity index (χ4n) is 7.99. The monoisotopic (exact) mass is 656 g/mol. The normalized spacial score (nSPS) is 19.8. The van der Waals surface area contributed by atoms with Crippen molar-refractivity contribution in [1.82, 2.24) is 20.4 Å². The zero-order valence-electron chi connectivity index (χ0n) is 28.5. The highest BCUT2D eigenvalue weighted by Crippen LogP contribution is 2.59. The minimum Gasteiger partial charge on any atom is -0.357 e. The Morgan fingerprint density at radius 2 is 0.918 bits per heavy atom. The highest BCUT2D eigenvalue weighted by molar-refractivity contribution is 5.96. The van der Waals surface area contributed by atoms with E-state index < -0.39 is 35.8 Å². The van der Waals surface area contributed by atoms with Crippen LogP contribution in [-0.4, -0.2) is 73.2 Å². The molecule has 0 saturated heterocycles. The van der Waals surface area contributed by atoms with Crippen molar-refractivity contribution in [3.63, 3.8) is 0 Å². The van der Waals surface area contributed by atoms with E-state index in [9.17, 15) is 9.59 Å². The predicted octanol–water partition coefficient (Wildman–Crippen LogP) is 4.53. The molecule has 3 aliphatic carbocycles. The number of fused-ring (bicyclic) bond motifs is 1. The van der Waals surface area contributed by atoms with Gasteiger partial charge in [0.1, 0.15) is 12.1 Å². The van der Waals surface area contributed by atoms with Gasteiger partial charge in [0.25, 0.3) is 0 Å². The number of nitrogens with one attached hydrogen (secondary N) is 2. The zero-order chi connectivity index (χ0) is 34.7. The van der Waals surface area contributed by atoms with Gasteiger partial charge >= 0.3 is 0 Å². The quantitative estimate of drug-likeness (QED) is 0.248. The number of amides is 4. The van der Waals surface area contributed by atoms with Crippen LogP contribution in [0.1, 0.15) is 52.1 Å². The van der Waals surface area contributed by atoms with Crippen LogP contribution in [0.15, 0.2) is 109 Å². The van der Waals surface area contributed by atoms with E-state index in [1.54, 1.807) is 26.0 Å². The summed E-state index contributed by atoms with van der Waals surface area (Å²) in [6.45, 7) is 2.28. The second-order valence-corrected chi connectivity index (χ2v) is 13.1. The molecule has 0 fully saturated rings. The summed E-state index contributed by atoms with van der Waals surface area (Å²) in [6, 6.07) is 33.8. The number of hydrogen-bond acceptors (Lipinski definition) is 4. The first-order valence-electron chi connectivity index (χ1n) is 17.0. The summed E-state index contributed by atoms with van der Waals surface area (Å²) < 4.78 is 0. The predicted molar refractivity (Wildman–Crippen MR) is 190 cm³/mol. The summed E-state index contributed by atoms with van der Waals surface area (Å²) in [4.78, 5) is 60.3. The van der Waals surface area contributed by atoms with Crippen LogP contribution in [0.3, 0.4) is 0 Å². The highest BCUT2D eigenvalue weighted by atomic mass is 16.2. The molecule has 8 heteroatoms. The lowest BCUT2D eigenvalue weighted by atomic mass is 9.53. The molecular weight excluding hydrogens is 612 g/mol. The first kappa shape index (κ1) is 33.7. The molecular formula is C41H44N4O4. The molecule has 3 aliphatic rings. The SMILES string of the molecule is CCNC(=O)[C@H](Cc1ccccc1)N(C)C(=O)[C@H]1C2c3ccccc3C(c3ccccc32)[C@H]1C(=O)N(C)[C@@H](Cc1ccccc1)C(=O)NC. The molecule has 8 nitrogen and oxygen atoms in total. The summed E-state index contributed by atoms with van der Waals surface area (Å²) in [5.41, 5.74) is 5.95. The van der Waals surface area contributed by atoms with Gasteiger partial charge in [0.05, 0.1) is 11.8 Å². The van der Waals surface area contributed by atoms with Gasteiger partial charge < -0.3 is 20.4 Å². The molecule has 2 bridgehead atoms. The topological polar surface area (TPSA) is 98.8 Å². The third-order valence-electron chi connectivity index (χ3n) is 10.4. The lowest BCUT2D eigenvalue weighted by Gasteiger charge is -2.51. The van der Waals surface area contributed by atoms with Crippen LogP contribution in [0.25, 0.3) is 0 Å². The van der Waals surface area contributed by atoms with Crippen LogP contribution in [0.2, 0.25) is 0 Å². The average Bonchev–Trinajstić information content (AvgIpc) is 3.15. The van der Waals surface area contributed by atoms with Crippen LogP contribution in [0, 0.1) is 11.8 Å². The molecule has 0 saturated carbocycles. The standard InChI is InChI=1S/C41H44N4O4/c1-5-43-39(47)33(25-27-18-10-7-11-19-27)45(4)41(49)37-35-30-22-14-12-20-28(30)34(29-21-13-15-23-31(29)35)36(37)40(48)44(3)32(38(46)42-2)24-26-16-8-6-9-17-26/h6-23,32-37H,5,24-25H2,1-4H3,(H,42,46)(H,43,47)/t32-,33-,34?,35?,36+,37-/m0/s1. The fraction of sp³-hybridized carbons (Fsp3) is 0.317. The maximum Gasteiger partial charge on any atom is 0.243 e. The van der Waals surface area contributed by atoms with Crippen molar-refractivity contribution in [3.05, 3.63) is 143 Å². The molecule has 4 aromatic rings. The molecule has 7 rings (SSSR count). The molecule has 4 atom stereocenters. The number of likely N-dealkylation sites (N-methyl/N-ethyl adjacent to an activating group) is 4. The molecule has 0 heterocycles. The third kappa shape index (κ3) is 6.35. The van der Waals surface area contributed by atoms with Crippen molar-refractivity contribution in [1.29, 1.82) is 0 Å². The van der Waals surface area contributed by atoms with Crippen LogP contribution >= 0.6 is 0 Å². The smallest absolute Gasteiger partial charge is 0.243 e. The van der Waals surface area contributed by atoms with E-state index in [2.05, 4.69) is 34.9 Å². The van der Waals surface area contributed by atoms with E-state index in [1.807, 2.05) is 91.9 Å². The lowest BCUT2D eigenvalue weighted by Crippen LogP contribution is -2.58. The molecule has 4 amide bonds. The molecule has 0 aliphatic heterocycles. The van der Waals surface area contributed by atoms with E-state index in [-0.39, 0.29) is 23.6 Å². The molecule has 2 N–H and O–H groups in total. The summed E-state index contributed by atoms with van der Waals surface area (Å²) in [5, 5.41) is 5.68. The minimum absolute atomic E-state index is 0.244. The molecule has 0 radical (unpaired) electrons. The van der Waals surface area contributed by atoms with Gasteiger partial charge in [0.2, 0.25) is 23.6 Å². The zero-order valence-corrected chi connectivity index (χ0v) is 28.5. The molecule has 0 aromatic heterocycles. The molecule has 0 spiro atoms. The number of benzene rings is 4. The van der Waals surface area contributed by atoms with Gasteiger partial charge in [-0.25, -0.2) is 0 Å². The first-order valence-corrected chi connectivity index (χ1v) is 17.0. The van der Waals surface area contributed by atoms with Gasteiger partial charge in [-0.3, -0.25) is 19.2 Å². The highest BCUT2D eigenvalue weighted by Gasteiger charge is 2.57. The Bertz CT molecular complexity index is 1780. The molecule has 0 unspecified atom stereocenters. The second-order valence-electron chi connectivity index (χ2n) is 13.1. The number of rotatable bonds is 11. The van der Waals surface area contributed by atoms with Crippen molar-refractivity contribution < 1.29 is 19.2 Å². The molecule has 4 aromatic carbocycles. The second kappa shape index (κ2) is 14.5. The van der Waals surface area contributed by atoms with Gasteiger partial charge in [-0.15, -0.1) is 0 Å². The number of carbonyl (C=O) groups is 4. The summed E-state index contributed by atoms with van der Waals surface area (Å²) >= 11 is 0. The maximum absolute atomic E-state index is 15.1. The van der Waals surface area contributed by atoms with Gasteiger partial charge in [-0.2, -0.15) is 0 Å². The molecule has 49 heavy (non-hydrogen) atoms. The van der Waals surface area contributed by atoms with E-state index in [4.69, 9.17) is 0 Å². The Morgan fingerprint density at radius 3 is 1.27 bits per heavy atom. The maximum atomic E-state index is 15.1. The van der Waals surface area contributed by atoms with E-state index in [1.165, 1.54) is 4.90 Å². The number of hydrogen-bond donors (Lipinski definition) is 2. The summed E-state index contributed by atoms with van der Waals surface area (Å²) in [5.74, 6) is -3.48. The van der Waals surface area contributed by atoms with Gasteiger partial charge in [0.15, 0.2) is 0 Å². The van der Waals surface area contributed by atoms with E-state index >= 15 is 9.59 Å². The Morgan fingerprint density at radius 1 is 0.571 bits per heavy atom. The Balaban J connectivity index is 1.45.